The van der Waals surface area contributed by atoms with Crippen LogP contribution in [0, 0.1) is 11.8 Å². The Bertz CT molecular complexity index is 557. The normalized spacial score (nSPS) is 24.2. The van der Waals surface area contributed by atoms with Gasteiger partial charge in [0.2, 0.25) is 0 Å². The predicted octanol–water partition coefficient (Wildman–Crippen LogP) is 4.31. The molecule has 6 heteroatoms. The van der Waals surface area contributed by atoms with Crippen LogP contribution in [-0.2, 0) is 6.18 Å². The molecule has 2 atom stereocenters. The van der Waals surface area contributed by atoms with Crippen molar-refractivity contribution in [3.05, 3.63) is 29.8 Å². The summed E-state index contributed by atoms with van der Waals surface area (Å²) in [7, 11) is 4.09. The number of halogens is 3. The second kappa shape index (κ2) is 6.92. The van der Waals surface area contributed by atoms with Crippen molar-refractivity contribution in [3.8, 4) is 0 Å². The lowest BCUT2D eigenvalue weighted by atomic mass is 10.0. The molecule has 0 aromatic heterocycles. The molecular formula is C18H28F3N3. The van der Waals surface area contributed by atoms with Gasteiger partial charge < -0.3 is 4.90 Å². The molecule has 0 aliphatic carbocycles. The van der Waals surface area contributed by atoms with E-state index in [0.29, 0.717) is 24.2 Å². The van der Waals surface area contributed by atoms with Gasteiger partial charge in [-0.25, -0.2) is 0 Å². The average Bonchev–Trinajstić information content (AvgIpc) is 2.44. The highest BCUT2D eigenvalue weighted by Gasteiger charge is 2.40. The van der Waals surface area contributed by atoms with Gasteiger partial charge in [0.05, 0.1) is 24.6 Å². The first-order valence-corrected chi connectivity index (χ1v) is 8.40. The lowest BCUT2D eigenvalue weighted by molar-refractivity contribution is -0.137. The van der Waals surface area contributed by atoms with Gasteiger partial charge in [0.1, 0.15) is 0 Å². The van der Waals surface area contributed by atoms with Gasteiger partial charge in [-0.1, -0.05) is 33.8 Å². The van der Waals surface area contributed by atoms with Crippen molar-refractivity contribution in [1.82, 2.24) is 9.80 Å². The predicted molar refractivity (Wildman–Crippen MR) is 91.6 cm³/mol. The van der Waals surface area contributed by atoms with E-state index in [1.807, 2.05) is 7.05 Å². The number of hydrogen-bond acceptors (Lipinski definition) is 3. The zero-order valence-corrected chi connectivity index (χ0v) is 15.3. The summed E-state index contributed by atoms with van der Waals surface area (Å²) in [6.07, 6.45) is -4.01. The maximum Gasteiger partial charge on any atom is 0.416 e. The zero-order chi connectivity index (χ0) is 18.2. The van der Waals surface area contributed by atoms with Gasteiger partial charge in [0.15, 0.2) is 0 Å². The molecule has 2 rings (SSSR count). The standard InChI is InChI=1S/C18H28F3N3/c1-12(2)16-22(5)11-24(17(13(3)4)23(16)6)15-9-7-8-14(10-15)18(19,20)21/h7-10,12-13,16-17H,11H2,1-6H3. The third-order valence-electron chi connectivity index (χ3n) is 4.68. The first-order valence-electron chi connectivity index (χ1n) is 8.40. The van der Waals surface area contributed by atoms with Crippen LogP contribution in [0.15, 0.2) is 24.3 Å². The molecule has 24 heavy (non-hydrogen) atoms. The Hall–Kier alpha value is -1.27. The summed E-state index contributed by atoms with van der Waals surface area (Å²) in [5, 5.41) is 0. The van der Waals surface area contributed by atoms with E-state index in [1.54, 1.807) is 6.07 Å². The average molecular weight is 343 g/mol. The van der Waals surface area contributed by atoms with Crippen LogP contribution in [-0.4, -0.2) is 42.9 Å². The summed E-state index contributed by atoms with van der Waals surface area (Å²) in [5.74, 6) is 0.726. The second-order valence-electron chi connectivity index (χ2n) is 7.40. The molecule has 1 aromatic rings. The molecule has 0 bridgehead atoms. The molecule has 1 fully saturated rings. The first kappa shape index (κ1) is 19.1. The summed E-state index contributed by atoms with van der Waals surface area (Å²) < 4.78 is 39.2. The first-order chi connectivity index (χ1) is 11.0. The number of anilines is 1. The Morgan fingerprint density at radius 2 is 1.58 bits per heavy atom. The molecule has 136 valence electrons. The van der Waals surface area contributed by atoms with Crippen molar-refractivity contribution >= 4 is 5.69 Å². The lowest BCUT2D eigenvalue weighted by Gasteiger charge is -2.55. The lowest BCUT2D eigenvalue weighted by Crippen LogP contribution is -2.67. The molecule has 1 aromatic carbocycles. The summed E-state index contributed by atoms with van der Waals surface area (Å²) >= 11 is 0. The number of nitrogens with zero attached hydrogens (tertiary/aromatic N) is 3. The molecule has 1 saturated heterocycles. The number of alkyl halides is 3. The van der Waals surface area contributed by atoms with E-state index >= 15 is 0 Å². The Balaban J connectivity index is 2.41. The highest BCUT2D eigenvalue weighted by molar-refractivity contribution is 5.50. The molecule has 3 nitrogen and oxygen atoms in total. The highest BCUT2D eigenvalue weighted by atomic mass is 19.4. The van der Waals surface area contributed by atoms with Crippen molar-refractivity contribution < 1.29 is 13.2 Å². The van der Waals surface area contributed by atoms with Gasteiger partial charge in [-0.2, -0.15) is 13.2 Å². The fraction of sp³-hybridized carbons (Fsp3) is 0.667. The summed E-state index contributed by atoms with van der Waals surface area (Å²) in [6.45, 7) is 9.19. The van der Waals surface area contributed by atoms with Crippen LogP contribution >= 0.6 is 0 Å². The monoisotopic (exact) mass is 343 g/mol. The SMILES string of the molecule is CC(C)C1N(C)CN(c2cccc(C(F)(F)F)c2)C(C(C)C)N1C. The molecule has 1 aliphatic heterocycles. The minimum atomic E-state index is -4.32. The van der Waals surface area contributed by atoms with E-state index in [9.17, 15) is 13.2 Å². The third kappa shape index (κ3) is 3.70. The fourth-order valence-corrected chi connectivity index (χ4v) is 4.00. The Kier molecular flexibility index (Phi) is 5.50. The van der Waals surface area contributed by atoms with E-state index in [-0.39, 0.29) is 12.3 Å². The second-order valence-corrected chi connectivity index (χ2v) is 7.40. The van der Waals surface area contributed by atoms with Gasteiger partial charge >= 0.3 is 6.18 Å². The quantitative estimate of drug-likeness (QED) is 0.810. The zero-order valence-electron chi connectivity index (χ0n) is 15.3. The van der Waals surface area contributed by atoms with Gasteiger partial charge in [-0.05, 0) is 44.1 Å². The van der Waals surface area contributed by atoms with Crippen LogP contribution in [0.5, 0.6) is 0 Å². The Morgan fingerprint density at radius 1 is 1.00 bits per heavy atom. The maximum absolute atomic E-state index is 13.1. The van der Waals surface area contributed by atoms with Crippen LogP contribution in [0.25, 0.3) is 0 Å². The van der Waals surface area contributed by atoms with Gasteiger partial charge in [-0.15, -0.1) is 0 Å². The van der Waals surface area contributed by atoms with Crippen LogP contribution in [0.2, 0.25) is 0 Å². The van der Waals surface area contributed by atoms with E-state index in [4.69, 9.17) is 0 Å². The van der Waals surface area contributed by atoms with Crippen LogP contribution in [0.4, 0.5) is 18.9 Å². The van der Waals surface area contributed by atoms with E-state index in [2.05, 4.69) is 49.4 Å². The maximum atomic E-state index is 13.1. The smallest absolute Gasteiger partial charge is 0.342 e. The molecule has 0 N–H and O–H groups in total. The van der Waals surface area contributed by atoms with E-state index in [1.165, 1.54) is 12.1 Å². The minimum absolute atomic E-state index is 0.0529. The topological polar surface area (TPSA) is 9.72 Å². The number of hydrogen-bond donors (Lipinski definition) is 0. The van der Waals surface area contributed by atoms with Crippen molar-refractivity contribution in [2.24, 2.45) is 11.8 Å². The van der Waals surface area contributed by atoms with Crippen LogP contribution in [0.1, 0.15) is 33.3 Å². The number of benzene rings is 1. The molecule has 0 spiro atoms. The van der Waals surface area contributed by atoms with E-state index in [0.717, 1.165) is 6.07 Å². The van der Waals surface area contributed by atoms with E-state index < -0.39 is 11.7 Å². The Morgan fingerprint density at radius 3 is 2.08 bits per heavy atom. The molecular weight excluding hydrogens is 315 g/mol. The Labute approximate surface area is 143 Å². The van der Waals surface area contributed by atoms with Crippen LogP contribution in [0.3, 0.4) is 0 Å². The molecule has 1 heterocycles. The summed E-state index contributed by atoms with van der Waals surface area (Å²) in [6, 6.07) is 5.64. The molecule has 0 saturated carbocycles. The van der Waals surface area contributed by atoms with Gasteiger partial charge in [0.25, 0.3) is 0 Å². The van der Waals surface area contributed by atoms with Gasteiger partial charge in [0, 0.05) is 5.69 Å². The molecule has 0 amide bonds. The molecule has 2 unspecified atom stereocenters. The summed E-state index contributed by atoms with van der Waals surface area (Å²) in [4.78, 5) is 6.54. The minimum Gasteiger partial charge on any atom is -0.342 e. The van der Waals surface area contributed by atoms with Crippen molar-refractivity contribution in [3.63, 3.8) is 0 Å². The van der Waals surface area contributed by atoms with Crippen molar-refractivity contribution in [2.45, 2.75) is 46.2 Å². The summed E-state index contributed by atoms with van der Waals surface area (Å²) in [5.41, 5.74) is 0.0169. The molecule has 1 aliphatic rings. The number of rotatable bonds is 3. The van der Waals surface area contributed by atoms with Gasteiger partial charge in [-0.3, -0.25) is 9.80 Å². The molecule has 0 radical (unpaired) electrons. The van der Waals surface area contributed by atoms with Crippen molar-refractivity contribution in [1.29, 1.82) is 0 Å². The fourth-order valence-electron chi connectivity index (χ4n) is 4.00. The van der Waals surface area contributed by atoms with Crippen LogP contribution < -0.4 is 4.90 Å². The third-order valence-corrected chi connectivity index (χ3v) is 4.68. The highest BCUT2D eigenvalue weighted by Crippen LogP contribution is 2.35. The largest absolute Gasteiger partial charge is 0.416 e. The van der Waals surface area contributed by atoms with Crippen molar-refractivity contribution in [2.75, 3.05) is 25.7 Å².